The quantitative estimate of drug-likeness (QED) is 0.897. The van der Waals surface area contributed by atoms with Crippen LogP contribution in [0.5, 0.6) is 0 Å². The van der Waals surface area contributed by atoms with E-state index in [1.807, 2.05) is 32.0 Å². The lowest BCUT2D eigenvalue weighted by Crippen LogP contribution is -2.29. The maximum atomic E-state index is 11.9. The minimum atomic E-state index is -0.251. The molecule has 18 heavy (non-hydrogen) atoms. The second-order valence-electron chi connectivity index (χ2n) is 4.02. The average Bonchev–Trinajstić information content (AvgIpc) is 2.89. The maximum absolute atomic E-state index is 11.9. The molecule has 0 aromatic carbocycles. The molecule has 5 nitrogen and oxygen atoms in total. The molecule has 1 atom stereocenters. The Bertz CT molecular complexity index is 523. The van der Waals surface area contributed by atoms with Gasteiger partial charge in [0.25, 0.3) is 5.91 Å². The first-order chi connectivity index (χ1) is 8.70. The number of rotatable bonds is 4. The monoisotopic (exact) mass is 245 g/mol. The van der Waals surface area contributed by atoms with E-state index in [-0.39, 0.29) is 17.6 Å². The Hall–Kier alpha value is -2.17. The minimum Gasteiger partial charge on any atom is -0.364 e. The lowest BCUT2D eigenvalue weighted by Gasteiger charge is -2.15. The fourth-order valence-corrected chi connectivity index (χ4v) is 1.71. The van der Waals surface area contributed by atoms with Gasteiger partial charge in [0.15, 0.2) is 5.69 Å². The van der Waals surface area contributed by atoms with E-state index < -0.39 is 0 Å². The molecule has 0 saturated carbocycles. The number of amides is 1. The topological polar surface area (TPSA) is 68.0 Å². The van der Waals surface area contributed by atoms with Crippen LogP contribution in [0.2, 0.25) is 0 Å². The van der Waals surface area contributed by atoms with Crippen LogP contribution < -0.4 is 5.32 Å². The minimum absolute atomic E-state index is 0.117. The highest BCUT2D eigenvalue weighted by molar-refractivity contribution is 5.92. The van der Waals surface area contributed by atoms with Gasteiger partial charge >= 0.3 is 0 Å². The summed E-state index contributed by atoms with van der Waals surface area (Å²) in [7, 11) is 0. The fourth-order valence-electron chi connectivity index (χ4n) is 1.71. The maximum Gasteiger partial charge on any atom is 0.273 e. The summed E-state index contributed by atoms with van der Waals surface area (Å²) in [5, 5.41) is 6.50. The number of pyridine rings is 1. The van der Waals surface area contributed by atoms with Gasteiger partial charge in [0.05, 0.1) is 11.7 Å². The van der Waals surface area contributed by atoms with Crippen molar-refractivity contribution in [3.05, 3.63) is 47.6 Å². The van der Waals surface area contributed by atoms with E-state index in [4.69, 9.17) is 0 Å². The Morgan fingerprint density at radius 2 is 2.28 bits per heavy atom. The Labute approximate surface area is 105 Å². The van der Waals surface area contributed by atoms with Crippen molar-refractivity contribution in [1.29, 1.82) is 0 Å². The van der Waals surface area contributed by atoms with Gasteiger partial charge in [-0.1, -0.05) is 18.1 Å². The predicted molar refractivity (Wildman–Crippen MR) is 66.0 cm³/mol. The zero-order valence-electron chi connectivity index (χ0n) is 10.4. The molecule has 2 aromatic rings. The smallest absolute Gasteiger partial charge is 0.273 e. The van der Waals surface area contributed by atoms with E-state index in [9.17, 15) is 4.79 Å². The van der Waals surface area contributed by atoms with Gasteiger partial charge in [0.1, 0.15) is 6.26 Å². The molecule has 0 spiro atoms. The van der Waals surface area contributed by atoms with Crippen LogP contribution in [0.4, 0.5) is 0 Å². The SMILES string of the molecule is CC[C@H](NC(=O)c1ccon1)c1cccc(C)n1. The van der Waals surface area contributed by atoms with E-state index in [0.717, 1.165) is 17.8 Å². The van der Waals surface area contributed by atoms with Gasteiger partial charge in [-0.2, -0.15) is 0 Å². The van der Waals surface area contributed by atoms with Gasteiger partial charge in [-0.3, -0.25) is 9.78 Å². The molecule has 0 unspecified atom stereocenters. The molecule has 1 amide bonds. The molecule has 1 N–H and O–H groups in total. The average molecular weight is 245 g/mol. The van der Waals surface area contributed by atoms with Crippen LogP contribution in [0.25, 0.3) is 0 Å². The second-order valence-corrected chi connectivity index (χ2v) is 4.02. The summed E-state index contributed by atoms with van der Waals surface area (Å²) in [6, 6.07) is 7.18. The van der Waals surface area contributed by atoms with Crippen molar-refractivity contribution >= 4 is 5.91 Å². The Balaban J connectivity index is 2.13. The standard InChI is InChI=1S/C13H15N3O2/c1-3-10(11-6-4-5-9(2)14-11)15-13(17)12-7-8-18-16-12/h4-8,10H,3H2,1-2H3,(H,15,17)/t10-/m0/s1. The van der Waals surface area contributed by atoms with E-state index in [1.165, 1.54) is 12.3 Å². The third-order valence-corrected chi connectivity index (χ3v) is 2.65. The first-order valence-electron chi connectivity index (χ1n) is 5.85. The number of hydrogen-bond donors (Lipinski definition) is 1. The van der Waals surface area contributed by atoms with Crippen molar-refractivity contribution in [3.8, 4) is 0 Å². The molecule has 0 aliphatic carbocycles. The third-order valence-electron chi connectivity index (χ3n) is 2.65. The number of hydrogen-bond acceptors (Lipinski definition) is 4. The lowest BCUT2D eigenvalue weighted by atomic mass is 10.1. The van der Waals surface area contributed by atoms with E-state index in [2.05, 4.69) is 20.0 Å². The van der Waals surface area contributed by atoms with Crippen LogP contribution in [0.15, 0.2) is 35.1 Å². The van der Waals surface area contributed by atoms with Crippen molar-refractivity contribution in [1.82, 2.24) is 15.5 Å². The Kier molecular flexibility index (Phi) is 3.72. The van der Waals surface area contributed by atoms with Crippen molar-refractivity contribution in [2.75, 3.05) is 0 Å². The van der Waals surface area contributed by atoms with Gasteiger partial charge in [-0.05, 0) is 25.5 Å². The van der Waals surface area contributed by atoms with E-state index in [0.29, 0.717) is 0 Å². The van der Waals surface area contributed by atoms with Crippen molar-refractivity contribution in [2.45, 2.75) is 26.3 Å². The Morgan fingerprint density at radius 3 is 2.89 bits per heavy atom. The zero-order valence-corrected chi connectivity index (χ0v) is 10.4. The predicted octanol–water partition coefficient (Wildman–Crippen LogP) is 2.26. The molecule has 94 valence electrons. The first-order valence-corrected chi connectivity index (χ1v) is 5.85. The van der Waals surface area contributed by atoms with Crippen molar-refractivity contribution in [3.63, 3.8) is 0 Å². The zero-order chi connectivity index (χ0) is 13.0. The van der Waals surface area contributed by atoms with Gasteiger partial charge in [0.2, 0.25) is 0 Å². The number of aryl methyl sites for hydroxylation is 1. The Morgan fingerprint density at radius 1 is 1.44 bits per heavy atom. The molecular formula is C13H15N3O2. The highest BCUT2D eigenvalue weighted by Crippen LogP contribution is 2.15. The summed E-state index contributed by atoms with van der Waals surface area (Å²) in [5.74, 6) is -0.251. The molecule has 0 fully saturated rings. The van der Waals surface area contributed by atoms with Crippen molar-refractivity contribution < 1.29 is 9.32 Å². The summed E-state index contributed by atoms with van der Waals surface area (Å²) in [5.41, 5.74) is 2.07. The lowest BCUT2D eigenvalue weighted by molar-refractivity contribution is 0.0925. The summed E-state index contributed by atoms with van der Waals surface area (Å²) < 4.78 is 4.65. The van der Waals surface area contributed by atoms with Gasteiger partial charge < -0.3 is 9.84 Å². The molecule has 0 saturated heterocycles. The molecule has 2 rings (SSSR count). The number of carbonyl (C=O) groups is 1. The fraction of sp³-hybridized carbons (Fsp3) is 0.308. The van der Waals surface area contributed by atoms with Gasteiger partial charge in [0, 0.05) is 11.8 Å². The van der Waals surface area contributed by atoms with Crippen molar-refractivity contribution in [2.24, 2.45) is 0 Å². The number of nitrogens with zero attached hydrogens (tertiary/aromatic N) is 2. The number of aromatic nitrogens is 2. The molecule has 0 aliphatic heterocycles. The van der Waals surface area contributed by atoms with Crippen LogP contribution in [0.3, 0.4) is 0 Å². The van der Waals surface area contributed by atoms with Gasteiger partial charge in [-0.15, -0.1) is 0 Å². The molecule has 0 radical (unpaired) electrons. The molecular weight excluding hydrogens is 230 g/mol. The van der Waals surface area contributed by atoms with Gasteiger partial charge in [-0.25, -0.2) is 0 Å². The number of carbonyl (C=O) groups excluding carboxylic acids is 1. The van der Waals surface area contributed by atoms with Crippen LogP contribution >= 0.6 is 0 Å². The normalized spacial score (nSPS) is 12.1. The molecule has 2 aromatic heterocycles. The van der Waals surface area contributed by atoms with Crippen LogP contribution in [-0.2, 0) is 0 Å². The summed E-state index contributed by atoms with van der Waals surface area (Å²) in [6.07, 6.45) is 2.14. The highest BCUT2D eigenvalue weighted by atomic mass is 16.5. The number of nitrogens with one attached hydrogen (secondary N) is 1. The third kappa shape index (κ3) is 2.74. The van der Waals surface area contributed by atoms with Crippen LogP contribution in [0, 0.1) is 6.92 Å². The second kappa shape index (κ2) is 5.44. The summed E-state index contributed by atoms with van der Waals surface area (Å²) in [6.45, 7) is 3.92. The summed E-state index contributed by atoms with van der Waals surface area (Å²) in [4.78, 5) is 16.3. The van der Waals surface area contributed by atoms with Crippen LogP contribution in [0.1, 0.15) is 41.3 Å². The van der Waals surface area contributed by atoms with E-state index in [1.54, 1.807) is 0 Å². The highest BCUT2D eigenvalue weighted by Gasteiger charge is 2.16. The van der Waals surface area contributed by atoms with Crippen LogP contribution in [-0.4, -0.2) is 16.0 Å². The van der Waals surface area contributed by atoms with E-state index >= 15 is 0 Å². The molecule has 0 aliphatic rings. The first kappa shape index (κ1) is 12.3. The largest absolute Gasteiger partial charge is 0.364 e. The molecule has 5 heteroatoms. The molecule has 2 heterocycles. The molecule has 0 bridgehead atoms. The summed E-state index contributed by atoms with van der Waals surface area (Å²) >= 11 is 0.